The summed E-state index contributed by atoms with van der Waals surface area (Å²) >= 11 is 0. The first-order chi connectivity index (χ1) is 10.3. The van der Waals surface area contributed by atoms with Crippen LogP contribution < -0.4 is 5.32 Å². The van der Waals surface area contributed by atoms with Crippen LogP contribution in [0.4, 0.5) is 5.69 Å². The summed E-state index contributed by atoms with van der Waals surface area (Å²) < 4.78 is 5.34. The Morgan fingerprint density at radius 2 is 2.19 bits per heavy atom. The van der Waals surface area contributed by atoms with E-state index >= 15 is 0 Å². The molecule has 0 saturated heterocycles. The Hall–Kier alpha value is -2.23. The highest BCUT2D eigenvalue weighted by Gasteiger charge is 2.26. The van der Waals surface area contributed by atoms with Crippen molar-refractivity contribution in [2.24, 2.45) is 0 Å². The van der Waals surface area contributed by atoms with Crippen LogP contribution in [0.25, 0.3) is 0 Å². The van der Waals surface area contributed by atoms with Gasteiger partial charge in [0.25, 0.3) is 0 Å². The Labute approximate surface area is 124 Å². The second-order valence-electron chi connectivity index (χ2n) is 5.36. The van der Waals surface area contributed by atoms with Crippen LogP contribution in [0.2, 0.25) is 0 Å². The van der Waals surface area contributed by atoms with Crippen LogP contribution in [0.1, 0.15) is 30.6 Å². The van der Waals surface area contributed by atoms with Crippen LogP contribution in [0, 0.1) is 0 Å². The van der Waals surface area contributed by atoms with Crippen molar-refractivity contribution >= 4 is 11.6 Å². The molecule has 0 radical (unpaired) electrons. The highest BCUT2D eigenvalue weighted by Crippen LogP contribution is 2.33. The first-order valence-corrected chi connectivity index (χ1v) is 7.41. The van der Waals surface area contributed by atoms with E-state index in [1.54, 1.807) is 6.26 Å². The third-order valence-electron chi connectivity index (χ3n) is 4.02. The molecule has 1 aliphatic heterocycles. The molecule has 0 spiro atoms. The highest BCUT2D eigenvalue weighted by atomic mass is 16.3. The maximum Gasteiger partial charge on any atom is 0.223 e. The monoisotopic (exact) mass is 284 g/mol. The van der Waals surface area contributed by atoms with Gasteiger partial charge in [-0.05, 0) is 30.7 Å². The number of para-hydroxylation sites is 1. The van der Waals surface area contributed by atoms with E-state index in [-0.39, 0.29) is 11.8 Å². The van der Waals surface area contributed by atoms with Crippen LogP contribution in [0.15, 0.2) is 47.1 Å². The fourth-order valence-electron chi connectivity index (χ4n) is 2.85. The molecule has 0 saturated carbocycles. The van der Waals surface area contributed by atoms with Gasteiger partial charge in [-0.1, -0.05) is 18.2 Å². The Balaban J connectivity index is 1.65. The van der Waals surface area contributed by atoms with Gasteiger partial charge in [-0.2, -0.15) is 0 Å². The molecule has 2 aromatic rings. The zero-order valence-electron chi connectivity index (χ0n) is 12.2. The number of hydrogen-bond acceptors (Lipinski definition) is 3. The van der Waals surface area contributed by atoms with Gasteiger partial charge in [-0.3, -0.25) is 4.79 Å². The average molecular weight is 284 g/mol. The zero-order chi connectivity index (χ0) is 14.7. The van der Waals surface area contributed by atoms with Crippen molar-refractivity contribution in [3.63, 3.8) is 0 Å². The molecule has 110 valence electrons. The topological polar surface area (TPSA) is 45.5 Å². The third kappa shape index (κ3) is 2.94. The molecule has 2 heterocycles. The molecule has 1 amide bonds. The van der Waals surface area contributed by atoms with E-state index in [4.69, 9.17) is 4.42 Å². The Morgan fingerprint density at radius 3 is 2.95 bits per heavy atom. The maximum absolute atomic E-state index is 12.5. The standard InChI is InChI=1S/C17H20N2O2/c1-2-19(12-14-6-5-9-21-14)17(20)10-13-11-18-16-8-4-3-7-15(13)16/h3-9,13,18H,2,10-12H2,1H3. The molecular formula is C17H20N2O2. The van der Waals surface area contributed by atoms with E-state index in [1.165, 1.54) is 5.56 Å². The third-order valence-corrected chi connectivity index (χ3v) is 4.02. The number of furan rings is 1. The van der Waals surface area contributed by atoms with Crippen LogP contribution in [-0.2, 0) is 11.3 Å². The molecule has 4 nitrogen and oxygen atoms in total. The number of carbonyl (C=O) groups excluding carboxylic acids is 1. The first kappa shape index (κ1) is 13.7. The average Bonchev–Trinajstić information content (AvgIpc) is 3.15. The van der Waals surface area contributed by atoms with E-state index in [0.717, 1.165) is 18.0 Å². The van der Waals surface area contributed by atoms with Gasteiger partial charge < -0.3 is 14.6 Å². The predicted molar refractivity (Wildman–Crippen MR) is 82.1 cm³/mol. The van der Waals surface area contributed by atoms with Gasteiger partial charge in [-0.25, -0.2) is 0 Å². The summed E-state index contributed by atoms with van der Waals surface area (Å²) in [6, 6.07) is 12.0. The number of nitrogens with zero attached hydrogens (tertiary/aromatic N) is 1. The first-order valence-electron chi connectivity index (χ1n) is 7.41. The normalized spacial score (nSPS) is 16.3. The van der Waals surface area contributed by atoms with Crippen molar-refractivity contribution in [3.8, 4) is 0 Å². The van der Waals surface area contributed by atoms with Crippen LogP contribution in [-0.4, -0.2) is 23.9 Å². The zero-order valence-corrected chi connectivity index (χ0v) is 12.2. The molecule has 1 unspecified atom stereocenters. The van der Waals surface area contributed by atoms with E-state index < -0.39 is 0 Å². The molecule has 4 heteroatoms. The fraction of sp³-hybridized carbons (Fsp3) is 0.353. The van der Waals surface area contributed by atoms with Crippen molar-refractivity contribution in [2.45, 2.75) is 25.8 Å². The number of nitrogens with one attached hydrogen (secondary N) is 1. The Kier molecular flexibility index (Phi) is 3.95. The van der Waals surface area contributed by atoms with Crippen molar-refractivity contribution in [3.05, 3.63) is 54.0 Å². The number of fused-ring (bicyclic) bond motifs is 1. The van der Waals surface area contributed by atoms with Gasteiger partial charge in [0, 0.05) is 31.1 Å². The van der Waals surface area contributed by atoms with Gasteiger partial charge in [0.2, 0.25) is 5.91 Å². The Morgan fingerprint density at radius 1 is 1.33 bits per heavy atom. The minimum Gasteiger partial charge on any atom is -0.467 e. The molecule has 0 bridgehead atoms. The van der Waals surface area contributed by atoms with E-state index in [1.807, 2.05) is 36.1 Å². The van der Waals surface area contributed by atoms with E-state index in [0.29, 0.717) is 19.5 Å². The smallest absolute Gasteiger partial charge is 0.223 e. The van der Waals surface area contributed by atoms with Crippen molar-refractivity contribution in [1.29, 1.82) is 0 Å². The molecule has 21 heavy (non-hydrogen) atoms. The van der Waals surface area contributed by atoms with Gasteiger partial charge in [0.15, 0.2) is 0 Å². The van der Waals surface area contributed by atoms with Crippen molar-refractivity contribution in [1.82, 2.24) is 4.90 Å². The number of hydrogen-bond donors (Lipinski definition) is 1. The summed E-state index contributed by atoms with van der Waals surface area (Å²) in [5.74, 6) is 1.27. The number of rotatable bonds is 5. The van der Waals surface area contributed by atoms with Crippen LogP contribution >= 0.6 is 0 Å². The molecule has 1 aromatic carbocycles. The number of carbonyl (C=O) groups is 1. The second-order valence-corrected chi connectivity index (χ2v) is 5.36. The van der Waals surface area contributed by atoms with Gasteiger partial charge in [-0.15, -0.1) is 0 Å². The molecule has 1 aromatic heterocycles. The molecule has 0 aliphatic carbocycles. The van der Waals surface area contributed by atoms with Crippen LogP contribution in [0.3, 0.4) is 0 Å². The second kappa shape index (κ2) is 6.04. The number of amides is 1. The van der Waals surface area contributed by atoms with Crippen LogP contribution in [0.5, 0.6) is 0 Å². The lowest BCUT2D eigenvalue weighted by molar-refractivity contribution is -0.132. The lowest BCUT2D eigenvalue weighted by Crippen LogP contribution is -2.31. The SMILES string of the molecule is CCN(Cc1ccco1)C(=O)CC1CNc2ccccc21. The van der Waals surface area contributed by atoms with Crippen molar-refractivity contribution in [2.75, 3.05) is 18.4 Å². The maximum atomic E-state index is 12.5. The van der Waals surface area contributed by atoms with Crippen molar-refractivity contribution < 1.29 is 9.21 Å². The fourth-order valence-corrected chi connectivity index (χ4v) is 2.85. The number of benzene rings is 1. The minimum absolute atomic E-state index is 0.178. The summed E-state index contributed by atoms with van der Waals surface area (Å²) in [5, 5.41) is 3.37. The quantitative estimate of drug-likeness (QED) is 0.917. The summed E-state index contributed by atoms with van der Waals surface area (Å²) in [4.78, 5) is 14.4. The molecule has 1 atom stereocenters. The molecular weight excluding hydrogens is 264 g/mol. The number of anilines is 1. The minimum atomic E-state index is 0.178. The highest BCUT2D eigenvalue weighted by molar-refractivity contribution is 5.78. The van der Waals surface area contributed by atoms with Gasteiger partial charge in [0.1, 0.15) is 5.76 Å². The lowest BCUT2D eigenvalue weighted by Gasteiger charge is -2.21. The summed E-state index contributed by atoms with van der Waals surface area (Å²) in [5.41, 5.74) is 2.41. The Bertz CT molecular complexity index is 607. The van der Waals surface area contributed by atoms with Gasteiger partial charge in [0.05, 0.1) is 12.8 Å². The summed E-state index contributed by atoms with van der Waals surface area (Å²) in [7, 11) is 0. The molecule has 0 fully saturated rings. The van der Waals surface area contributed by atoms with E-state index in [9.17, 15) is 4.79 Å². The largest absolute Gasteiger partial charge is 0.467 e. The summed E-state index contributed by atoms with van der Waals surface area (Å²) in [6.07, 6.45) is 2.18. The lowest BCUT2D eigenvalue weighted by atomic mass is 9.97. The summed E-state index contributed by atoms with van der Waals surface area (Å²) in [6.45, 7) is 4.08. The van der Waals surface area contributed by atoms with E-state index in [2.05, 4.69) is 17.4 Å². The predicted octanol–water partition coefficient (Wildman–Crippen LogP) is 3.23. The molecule has 1 aliphatic rings. The molecule has 3 rings (SSSR count). The molecule has 1 N–H and O–H groups in total. The van der Waals surface area contributed by atoms with Gasteiger partial charge >= 0.3 is 0 Å².